The molecule has 1 aromatic heterocycles. The average Bonchev–Trinajstić information content (AvgIpc) is 2.68. The Balaban J connectivity index is 1.73. The van der Waals surface area contributed by atoms with Crippen LogP contribution in [0.4, 0.5) is 0 Å². The van der Waals surface area contributed by atoms with Gasteiger partial charge in [-0.05, 0) is 55.8 Å². The van der Waals surface area contributed by atoms with E-state index in [4.69, 9.17) is 9.72 Å². The van der Waals surface area contributed by atoms with E-state index in [0.717, 1.165) is 48.6 Å². The van der Waals surface area contributed by atoms with Crippen molar-refractivity contribution in [2.24, 2.45) is 0 Å². The monoisotopic (exact) mass is 353 g/mol. The number of likely N-dealkylation sites (tertiary alicyclic amines) is 1. The van der Waals surface area contributed by atoms with Crippen LogP contribution in [0.3, 0.4) is 0 Å². The van der Waals surface area contributed by atoms with Crippen molar-refractivity contribution < 1.29 is 9.53 Å². The molecular formula is C21H27N3O2. The maximum Gasteiger partial charge on any atom is 0.236 e. The minimum absolute atomic E-state index is 0.158. The first-order chi connectivity index (χ1) is 12.6. The lowest BCUT2D eigenvalue weighted by molar-refractivity contribution is -0.130. The zero-order valence-corrected chi connectivity index (χ0v) is 15.8. The van der Waals surface area contributed by atoms with Gasteiger partial charge in [0.2, 0.25) is 5.91 Å². The average molecular weight is 353 g/mol. The van der Waals surface area contributed by atoms with Crippen molar-refractivity contribution >= 4 is 5.91 Å². The molecule has 1 saturated heterocycles. The molecule has 1 amide bonds. The Hall–Kier alpha value is -2.40. The van der Waals surface area contributed by atoms with Crippen LogP contribution in [0.1, 0.15) is 24.5 Å². The molecule has 26 heavy (non-hydrogen) atoms. The molecule has 2 aromatic rings. The fourth-order valence-corrected chi connectivity index (χ4v) is 3.37. The third-order valence-electron chi connectivity index (χ3n) is 4.94. The fourth-order valence-electron chi connectivity index (χ4n) is 3.37. The van der Waals surface area contributed by atoms with Crippen LogP contribution in [0.25, 0.3) is 11.3 Å². The lowest BCUT2D eigenvalue weighted by atomic mass is 9.94. The van der Waals surface area contributed by atoms with Crippen molar-refractivity contribution in [2.45, 2.75) is 18.8 Å². The number of carbonyl (C=O) groups excluding carboxylic acids is 1. The van der Waals surface area contributed by atoms with Gasteiger partial charge in [0.1, 0.15) is 5.75 Å². The second-order valence-corrected chi connectivity index (χ2v) is 7.04. The zero-order valence-electron chi connectivity index (χ0n) is 15.8. The lowest BCUT2D eigenvalue weighted by Crippen LogP contribution is -2.41. The highest BCUT2D eigenvalue weighted by molar-refractivity contribution is 5.77. The molecule has 3 rings (SSSR count). The Kier molecular flexibility index (Phi) is 5.89. The summed E-state index contributed by atoms with van der Waals surface area (Å²) in [6.45, 7) is 2.36. The van der Waals surface area contributed by atoms with Crippen molar-refractivity contribution in [1.82, 2.24) is 14.8 Å². The third kappa shape index (κ3) is 4.41. The molecule has 1 aromatic carbocycles. The number of benzene rings is 1. The van der Waals surface area contributed by atoms with Gasteiger partial charge in [0.15, 0.2) is 0 Å². The number of carbonyl (C=O) groups is 1. The van der Waals surface area contributed by atoms with Gasteiger partial charge in [-0.3, -0.25) is 14.7 Å². The molecule has 5 heteroatoms. The van der Waals surface area contributed by atoms with Crippen molar-refractivity contribution in [3.05, 3.63) is 48.2 Å². The molecule has 138 valence electrons. The van der Waals surface area contributed by atoms with Crippen LogP contribution in [0.15, 0.2) is 42.5 Å². The molecular weight excluding hydrogens is 326 g/mol. The summed E-state index contributed by atoms with van der Waals surface area (Å²) < 4.78 is 5.23. The first kappa shape index (κ1) is 18.4. The van der Waals surface area contributed by atoms with Gasteiger partial charge in [-0.25, -0.2) is 0 Å². The summed E-state index contributed by atoms with van der Waals surface area (Å²) in [5, 5.41) is 0. The first-order valence-electron chi connectivity index (χ1n) is 9.10. The molecule has 0 unspecified atom stereocenters. The van der Waals surface area contributed by atoms with Crippen LogP contribution in [0, 0.1) is 0 Å². The molecule has 2 heterocycles. The number of amides is 1. The van der Waals surface area contributed by atoms with E-state index >= 15 is 0 Å². The highest BCUT2D eigenvalue weighted by atomic mass is 16.5. The summed E-state index contributed by atoms with van der Waals surface area (Å²) in [6, 6.07) is 14.2. The van der Waals surface area contributed by atoms with E-state index in [1.807, 2.05) is 44.4 Å². The summed E-state index contributed by atoms with van der Waals surface area (Å²) in [5.74, 6) is 1.38. The van der Waals surface area contributed by atoms with Crippen LogP contribution in [0.2, 0.25) is 0 Å². The molecule has 1 aliphatic heterocycles. The van der Waals surface area contributed by atoms with Gasteiger partial charge in [0.25, 0.3) is 0 Å². The number of aromatic nitrogens is 1. The predicted molar refractivity (Wildman–Crippen MR) is 103 cm³/mol. The largest absolute Gasteiger partial charge is 0.497 e. The Labute approximate surface area is 155 Å². The number of rotatable bonds is 5. The molecule has 1 fully saturated rings. The first-order valence-corrected chi connectivity index (χ1v) is 9.10. The number of piperidine rings is 1. The van der Waals surface area contributed by atoms with E-state index in [0.29, 0.717) is 12.5 Å². The molecule has 0 radical (unpaired) electrons. The Bertz CT molecular complexity index is 743. The molecule has 0 aliphatic carbocycles. The molecule has 0 N–H and O–H groups in total. The van der Waals surface area contributed by atoms with Gasteiger partial charge < -0.3 is 9.64 Å². The van der Waals surface area contributed by atoms with Crippen LogP contribution >= 0.6 is 0 Å². The van der Waals surface area contributed by atoms with Gasteiger partial charge in [-0.2, -0.15) is 0 Å². The fraction of sp³-hybridized carbons (Fsp3) is 0.429. The topological polar surface area (TPSA) is 45.7 Å². The van der Waals surface area contributed by atoms with Crippen molar-refractivity contribution in [3.8, 4) is 17.0 Å². The highest BCUT2D eigenvalue weighted by Gasteiger charge is 2.24. The Morgan fingerprint density at radius 1 is 1.23 bits per heavy atom. The number of pyridine rings is 1. The normalized spacial score (nSPS) is 17.7. The molecule has 0 bridgehead atoms. The number of nitrogens with zero attached hydrogens (tertiary/aromatic N) is 3. The molecule has 1 aliphatic rings. The van der Waals surface area contributed by atoms with E-state index < -0.39 is 0 Å². The smallest absolute Gasteiger partial charge is 0.236 e. The van der Waals surface area contributed by atoms with Crippen LogP contribution in [0.5, 0.6) is 5.75 Å². The Morgan fingerprint density at radius 2 is 2.00 bits per heavy atom. The summed E-state index contributed by atoms with van der Waals surface area (Å²) in [4.78, 5) is 20.8. The Morgan fingerprint density at radius 3 is 2.69 bits per heavy atom. The van der Waals surface area contributed by atoms with Crippen molar-refractivity contribution in [1.29, 1.82) is 0 Å². The van der Waals surface area contributed by atoms with Crippen LogP contribution in [-0.4, -0.2) is 61.5 Å². The number of methoxy groups -OCH3 is 1. The molecule has 5 nitrogen and oxygen atoms in total. The quantitative estimate of drug-likeness (QED) is 0.829. The van der Waals surface area contributed by atoms with E-state index in [-0.39, 0.29) is 5.91 Å². The van der Waals surface area contributed by atoms with Crippen molar-refractivity contribution in [3.63, 3.8) is 0 Å². The number of hydrogen-bond acceptors (Lipinski definition) is 4. The minimum atomic E-state index is 0.158. The second-order valence-electron chi connectivity index (χ2n) is 7.04. The minimum Gasteiger partial charge on any atom is -0.497 e. The summed E-state index contributed by atoms with van der Waals surface area (Å²) in [7, 11) is 5.29. The van der Waals surface area contributed by atoms with Gasteiger partial charge in [0.05, 0.1) is 19.3 Å². The van der Waals surface area contributed by atoms with E-state index in [9.17, 15) is 4.79 Å². The molecule has 1 atom stereocenters. The van der Waals surface area contributed by atoms with E-state index in [1.165, 1.54) is 0 Å². The number of hydrogen-bond donors (Lipinski definition) is 0. The molecule has 0 saturated carbocycles. The summed E-state index contributed by atoms with van der Waals surface area (Å²) >= 11 is 0. The third-order valence-corrected chi connectivity index (χ3v) is 4.94. The predicted octanol–water partition coefficient (Wildman–Crippen LogP) is 3.02. The summed E-state index contributed by atoms with van der Waals surface area (Å²) in [5.41, 5.74) is 3.18. The maximum atomic E-state index is 12.0. The number of ether oxygens (including phenoxy) is 1. The molecule has 0 spiro atoms. The zero-order chi connectivity index (χ0) is 18.5. The maximum absolute atomic E-state index is 12.0. The van der Waals surface area contributed by atoms with Crippen molar-refractivity contribution in [2.75, 3.05) is 40.8 Å². The van der Waals surface area contributed by atoms with E-state index in [1.54, 1.807) is 12.0 Å². The lowest BCUT2D eigenvalue weighted by Gasteiger charge is -2.32. The second kappa shape index (κ2) is 8.32. The highest BCUT2D eigenvalue weighted by Crippen LogP contribution is 2.28. The van der Waals surface area contributed by atoms with Gasteiger partial charge >= 0.3 is 0 Å². The van der Waals surface area contributed by atoms with Crippen LogP contribution < -0.4 is 4.74 Å². The summed E-state index contributed by atoms with van der Waals surface area (Å²) in [6.07, 6.45) is 2.21. The SMILES string of the molecule is COc1ccc(-c2cccc([C@@H]3CCCN(CC(=O)N(C)C)C3)n2)cc1. The van der Waals surface area contributed by atoms with Gasteiger partial charge in [0, 0.05) is 37.8 Å². The standard InChI is InChI=1S/C21H27N3O2/c1-23(2)21(25)15-24-13-5-6-17(14-24)20-8-4-7-19(22-20)16-9-11-18(26-3)12-10-16/h4,7-12,17H,5-6,13-15H2,1-3H3/t17-/m1/s1. The van der Waals surface area contributed by atoms with Gasteiger partial charge in [-0.1, -0.05) is 6.07 Å². The number of likely N-dealkylation sites (N-methyl/N-ethyl adjacent to an activating group) is 1. The van der Waals surface area contributed by atoms with Crippen LogP contribution in [-0.2, 0) is 4.79 Å². The van der Waals surface area contributed by atoms with E-state index in [2.05, 4.69) is 17.0 Å². The van der Waals surface area contributed by atoms with Gasteiger partial charge in [-0.15, -0.1) is 0 Å².